The summed E-state index contributed by atoms with van der Waals surface area (Å²) in [5.41, 5.74) is 1.13. The van der Waals surface area contributed by atoms with Crippen molar-refractivity contribution in [1.29, 1.82) is 0 Å². The minimum absolute atomic E-state index is 0.143. The number of ether oxygens (including phenoxy) is 1. The molecule has 6 nitrogen and oxygen atoms in total. The Morgan fingerprint density at radius 3 is 3.00 bits per heavy atom. The van der Waals surface area contributed by atoms with Crippen LogP contribution in [0.3, 0.4) is 0 Å². The fraction of sp³-hybridized carbons (Fsp3) is 0.714. The number of nitrogens with zero attached hydrogens (tertiary/aromatic N) is 3. The first-order chi connectivity index (χ1) is 9.63. The topological polar surface area (TPSA) is 59.4 Å². The summed E-state index contributed by atoms with van der Waals surface area (Å²) in [7, 11) is 3.68. The molecule has 2 fully saturated rings. The Labute approximate surface area is 119 Å². The van der Waals surface area contributed by atoms with Crippen LogP contribution in [0.25, 0.3) is 0 Å². The van der Waals surface area contributed by atoms with E-state index >= 15 is 0 Å². The molecule has 1 aromatic rings. The van der Waals surface area contributed by atoms with Crippen LogP contribution in [0, 0.1) is 5.41 Å². The summed E-state index contributed by atoms with van der Waals surface area (Å²) >= 11 is 0. The second-order valence-corrected chi connectivity index (χ2v) is 5.98. The van der Waals surface area contributed by atoms with Crippen molar-refractivity contribution in [2.75, 3.05) is 33.4 Å². The van der Waals surface area contributed by atoms with Gasteiger partial charge in [0.05, 0.1) is 12.8 Å². The molecule has 2 aliphatic rings. The van der Waals surface area contributed by atoms with Crippen LogP contribution in [0.15, 0.2) is 12.4 Å². The quantitative estimate of drug-likeness (QED) is 0.865. The third-order valence-corrected chi connectivity index (χ3v) is 4.53. The fourth-order valence-corrected chi connectivity index (χ4v) is 3.30. The largest absolute Gasteiger partial charge is 0.381 e. The molecule has 3 heterocycles. The molecule has 0 saturated carbocycles. The highest BCUT2D eigenvalue weighted by atomic mass is 16.5. The summed E-state index contributed by atoms with van der Waals surface area (Å²) in [6.45, 7) is 3.29. The summed E-state index contributed by atoms with van der Waals surface area (Å²) in [6.07, 6.45) is 5.78. The minimum atomic E-state index is -0.304. The number of rotatable bonds is 3. The maximum atomic E-state index is 12.7. The summed E-state index contributed by atoms with van der Waals surface area (Å²) in [6, 6.07) is -0.304. The molecule has 1 N–H and O–H groups in total. The lowest BCUT2D eigenvalue weighted by atomic mass is 9.87. The standard InChI is InChI=1S/C14H22N4O2/c1-15-12(11-7-16-17(2)8-11)13(19)18-5-3-14(9-18)4-6-20-10-14/h7-8,12,15H,3-6,9-10H2,1-2H3. The van der Waals surface area contributed by atoms with E-state index in [1.807, 2.05) is 25.2 Å². The number of amides is 1. The van der Waals surface area contributed by atoms with Crippen LogP contribution >= 0.6 is 0 Å². The summed E-state index contributed by atoms with van der Waals surface area (Å²) < 4.78 is 7.24. The van der Waals surface area contributed by atoms with E-state index in [-0.39, 0.29) is 17.4 Å². The highest BCUT2D eigenvalue weighted by molar-refractivity contribution is 5.83. The average molecular weight is 278 g/mol. The van der Waals surface area contributed by atoms with Gasteiger partial charge >= 0.3 is 0 Å². The van der Waals surface area contributed by atoms with Crippen molar-refractivity contribution in [3.05, 3.63) is 18.0 Å². The van der Waals surface area contributed by atoms with E-state index in [4.69, 9.17) is 4.74 Å². The molecule has 1 amide bonds. The second kappa shape index (κ2) is 5.18. The van der Waals surface area contributed by atoms with Gasteiger partial charge in [0.2, 0.25) is 5.91 Å². The van der Waals surface area contributed by atoms with Gasteiger partial charge < -0.3 is 15.0 Å². The predicted molar refractivity (Wildman–Crippen MR) is 74.1 cm³/mol. The molecule has 0 aromatic carbocycles. The molecule has 0 radical (unpaired) electrons. The number of likely N-dealkylation sites (tertiary alicyclic amines) is 1. The van der Waals surface area contributed by atoms with E-state index in [2.05, 4.69) is 10.4 Å². The van der Waals surface area contributed by atoms with E-state index < -0.39 is 0 Å². The Kier molecular flexibility index (Phi) is 3.52. The van der Waals surface area contributed by atoms with Gasteiger partial charge in [-0.25, -0.2) is 0 Å². The Morgan fingerprint density at radius 1 is 1.55 bits per heavy atom. The molecule has 110 valence electrons. The highest BCUT2D eigenvalue weighted by Gasteiger charge is 2.43. The van der Waals surface area contributed by atoms with Crippen molar-refractivity contribution in [1.82, 2.24) is 20.0 Å². The number of hydrogen-bond acceptors (Lipinski definition) is 4. The molecule has 2 saturated heterocycles. The molecule has 1 spiro atoms. The molecule has 2 unspecified atom stereocenters. The van der Waals surface area contributed by atoms with Gasteiger partial charge in [-0.3, -0.25) is 9.48 Å². The molecular weight excluding hydrogens is 256 g/mol. The van der Waals surface area contributed by atoms with Gasteiger partial charge in [0.1, 0.15) is 6.04 Å². The Bertz CT molecular complexity index is 493. The van der Waals surface area contributed by atoms with Gasteiger partial charge in [-0.1, -0.05) is 0 Å². The van der Waals surface area contributed by atoms with Gasteiger partial charge in [-0.15, -0.1) is 0 Å². The van der Waals surface area contributed by atoms with E-state index in [1.165, 1.54) is 0 Å². The van der Waals surface area contributed by atoms with Gasteiger partial charge in [-0.05, 0) is 19.9 Å². The Morgan fingerprint density at radius 2 is 2.40 bits per heavy atom. The van der Waals surface area contributed by atoms with Crippen LogP contribution in [0.4, 0.5) is 0 Å². The van der Waals surface area contributed by atoms with E-state index in [1.54, 1.807) is 10.9 Å². The van der Waals surface area contributed by atoms with Crippen LogP contribution in [0.1, 0.15) is 24.4 Å². The van der Waals surface area contributed by atoms with Crippen LogP contribution < -0.4 is 5.32 Å². The maximum absolute atomic E-state index is 12.7. The van der Waals surface area contributed by atoms with Crippen LogP contribution in [-0.2, 0) is 16.6 Å². The normalized spacial score (nSPS) is 27.4. The van der Waals surface area contributed by atoms with E-state index in [0.29, 0.717) is 0 Å². The molecule has 0 bridgehead atoms. The molecule has 3 rings (SSSR count). The summed E-state index contributed by atoms with van der Waals surface area (Å²) in [5, 5.41) is 7.26. The molecule has 20 heavy (non-hydrogen) atoms. The zero-order valence-electron chi connectivity index (χ0n) is 12.1. The van der Waals surface area contributed by atoms with Crippen molar-refractivity contribution in [2.24, 2.45) is 12.5 Å². The summed E-state index contributed by atoms with van der Waals surface area (Å²) in [5.74, 6) is 0.143. The van der Waals surface area contributed by atoms with Crippen molar-refractivity contribution >= 4 is 5.91 Å². The molecule has 1 aromatic heterocycles. The zero-order valence-corrected chi connectivity index (χ0v) is 12.1. The molecular formula is C14H22N4O2. The zero-order chi connectivity index (χ0) is 14.2. The van der Waals surface area contributed by atoms with Gasteiger partial charge in [-0.2, -0.15) is 5.10 Å². The SMILES string of the molecule is CNC(C(=O)N1CCC2(CCOC2)C1)c1cnn(C)c1. The fourth-order valence-electron chi connectivity index (χ4n) is 3.30. The van der Waals surface area contributed by atoms with Crippen LogP contribution in [0.5, 0.6) is 0 Å². The van der Waals surface area contributed by atoms with Crippen molar-refractivity contribution in [2.45, 2.75) is 18.9 Å². The smallest absolute Gasteiger partial charge is 0.244 e. The van der Waals surface area contributed by atoms with Gasteiger partial charge in [0, 0.05) is 43.9 Å². The van der Waals surface area contributed by atoms with Crippen LogP contribution in [-0.4, -0.2) is 53.9 Å². The molecule has 2 aliphatic heterocycles. The summed E-state index contributed by atoms with van der Waals surface area (Å²) in [4.78, 5) is 14.7. The van der Waals surface area contributed by atoms with Gasteiger partial charge in [0.15, 0.2) is 0 Å². The first-order valence-electron chi connectivity index (χ1n) is 7.16. The third kappa shape index (κ3) is 2.33. The van der Waals surface area contributed by atoms with Crippen molar-refractivity contribution in [3.63, 3.8) is 0 Å². The number of aromatic nitrogens is 2. The van der Waals surface area contributed by atoms with Gasteiger partial charge in [0.25, 0.3) is 0 Å². The van der Waals surface area contributed by atoms with Crippen molar-refractivity contribution < 1.29 is 9.53 Å². The average Bonchev–Trinajstić information content (AvgIpc) is 3.15. The van der Waals surface area contributed by atoms with Crippen molar-refractivity contribution in [3.8, 4) is 0 Å². The van der Waals surface area contributed by atoms with E-state index in [9.17, 15) is 4.79 Å². The molecule has 6 heteroatoms. The number of carbonyl (C=O) groups excluding carboxylic acids is 1. The number of likely N-dealkylation sites (N-methyl/N-ethyl adjacent to an activating group) is 1. The number of carbonyl (C=O) groups is 1. The Hall–Kier alpha value is -1.40. The Balaban J connectivity index is 1.71. The highest BCUT2D eigenvalue weighted by Crippen LogP contribution is 2.38. The lowest BCUT2D eigenvalue weighted by Crippen LogP contribution is -2.39. The molecule has 0 aliphatic carbocycles. The lowest BCUT2D eigenvalue weighted by molar-refractivity contribution is -0.132. The lowest BCUT2D eigenvalue weighted by Gasteiger charge is -2.25. The number of aryl methyl sites for hydroxylation is 1. The monoisotopic (exact) mass is 278 g/mol. The first-order valence-corrected chi connectivity index (χ1v) is 7.16. The third-order valence-electron chi connectivity index (χ3n) is 4.53. The number of nitrogens with one attached hydrogen (secondary N) is 1. The van der Waals surface area contributed by atoms with E-state index in [0.717, 1.165) is 44.7 Å². The minimum Gasteiger partial charge on any atom is -0.381 e. The predicted octanol–water partition coefficient (Wildman–Crippen LogP) is 0.320. The number of hydrogen-bond donors (Lipinski definition) is 1. The maximum Gasteiger partial charge on any atom is 0.244 e. The second-order valence-electron chi connectivity index (χ2n) is 5.98. The molecule has 2 atom stereocenters. The van der Waals surface area contributed by atoms with Crippen LogP contribution in [0.2, 0.25) is 0 Å². The first kappa shape index (κ1) is 13.6.